The molecule has 0 aliphatic rings. The van der Waals surface area contributed by atoms with Gasteiger partial charge in [0.25, 0.3) is 0 Å². The van der Waals surface area contributed by atoms with Gasteiger partial charge >= 0.3 is 5.97 Å². The van der Waals surface area contributed by atoms with Gasteiger partial charge in [0.05, 0.1) is 12.0 Å². The van der Waals surface area contributed by atoms with Gasteiger partial charge in [0.15, 0.2) is 0 Å². The molecule has 0 fully saturated rings. The van der Waals surface area contributed by atoms with Gasteiger partial charge in [-0.2, -0.15) is 0 Å². The van der Waals surface area contributed by atoms with Crippen molar-refractivity contribution < 1.29 is 9.53 Å². The predicted octanol–water partition coefficient (Wildman–Crippen LogP) is 4.88. The first-order chi connectivity index (χ1) is 11.5. The smallest absolute Gasteiger partial charge is 0.348 e. The Labute approximate surface area is 148 Å². The SMILES string of the molecule is CCOC(=O)c1sc2nc(C)nc(Nc3ccc(Cl)cc3)c2c1C. The van der Waals surface area contributed by atoms with Gasteiger partial charge in [0, 0.05) is 10.7 Å². The van der Waals surface area contributed by atoms with Crippen molar-refractivity contribution >= 4 is 50.6 Å². The number of esters is 1. The van der Waals surface area contributed by atoms with Gasteiger partial charge in [-0.05, 0) is 50.6 Å². The summed E-state index contributed by atoms with van der Waals surface area (Å²) in [6.45, 7) is 5.84. The van der Waals surface area contributed by atoms with Gasteiger partial charge in [0.2, 0.25) is 0 Å². The van der Waals surface area contributed by atoms with E-state index in [2.05, 4.69) is 15.3 Å². The van der Waals surface area contributed by atoms with E-state index in [4.69, 9.17) is 16.3 Å². The highest BCUT2D eigenvalue weighted by Crippen LogP contribution is 2.35. The Morgan fingerprint density at radius 2 is 1.96 bits per heavy atom. The van der Waals surface area contributed by atoms with Crippen LogP contribution < -0.4 is 5.32 Å². The summed E-state index contributed by atoms with van der Waals surface area (Å²) in [7, 11) is 0. The molecule has 24 heavy (non-hydrogen) atoms. The van der Waals surface area contributed by atoms with E-state index in [9.17, 15) is 4.79 Å². The molecule has 0 spiro atoms. The molecular weight excluding hydrogens is 346 g/mol. The molecule has 124 valence electrons. The van der Waals surface area contributed by atoms with E-state index in [0.717, 1.165) is 21.5 Å². The lowest BCUT2D eigenvalue weighted by atomic mass is 10.2. The number of thiophene rings is 1. The zero-order valence-electron chi connectivity index (χ0n) is 13.5. The normalized spacial score (nSPS) is 10.8. The Morgan fingerprint density at radius 1 is 1.25 bits per heavy atom. The number of anilines is 2. The maximum absolute atomic E-state index is 12.1. The zero-order chi connectivity index (χ0) is 17.3. The number of aromatic nitrogens is 2. The van der Waals surface area contributed by atoms with Crippen LogP contribution in [-0.4, -0.2) is 22.5 Å². The molecule has 1 N–H and O–H groups in total. The summed E-state index contributed by atoms with van der Waals surface area (Å²) >= 11 is 7.25. The second-order valence-electron chi connectivity index (χ2n) is 5.21. The minimum absolute atomic E-state index is 0.326. The molecule has 0 saturated carbocycles. The number of carbonyl (C=O) groups excluding carboxylic acids is 1. The van der Waals surface area contributed by atoms with E-state index in [0.29, 0.717) is 28.1 Å². The van der Waals surface area contributed by atoms with Gasteiger partial charge in [0.1, 0.15) is 21.3 Å². The van der Waals surface area contributed by atoms with Crippen molar-refractivity contribution in [3.63, 3.8) is 0 Å². The van der Waals surface area contributed by atoms with E-state index < -0.39 is 0 Å². The minimum atomic E-state index is -0.326. The highest BCUT2D eigenvalue weighted by Gasteiger charge is 2.21. The van der Waals surface area contributed by atoms with E-state index in [1.807, 2.05) is 26.0 Å². The van der Waals surface area contributed by atoms with Crippen LogP contribution in [-0.2, 0) is 4.74 Å². The van der Waals surface area contributed by atoms with Crippen LogP contribution in [0.4, 0.5) is 11.5 Å². The van der Waals surface area contributed by atoms with Crippen LogP contribution >= 0.6 is 22.9 Å². The van der Waals surface area contributed by atoms with Crippen molar-refractivity contribution in [2.24, 2.45) is 0 Å². The van der Waals surface area contributed by atoms with Gasteiger partial charge in [-0.3, -0.25) is 0 Å². The molecule has 2 heterocycles. The Bertz CT molecular complexity index is 906. The van der Waals surface area contributed by atoms with Crippen LogP contribution in [0.15, 0.2) is 24.3 Å². The maximum Gasteiger partial charge on any atom is 0.348 e. The predicted molar refractivity (Wildman–Crippen MR) is 97.6 cm³/mol. The lowest BCUT2D eigenvalue weighted by molar-refractivity contribution is 0.0531. The number of benzene rings is 1. The third kappa shape index (κ3) is 3.20. The number of hydrogen-bond acceptors (Lipinski definition) is 6. The number of fused-ring (bicyclic) bond motifs is 1. The van der Waals surface area contributed by atoms with E-state index >= 15 is 0 Å². The Balaban J connectivity index is 2.09. The minimum Gasteiger partial charge on any atom is -0.462 e. The van der Waals surface area contributed by atoms with Gasteiger partial charge in [-0.15, -0.1) is 11.3 Å². The Kier molecular flexibility index (Phi) is 4.69. The highest BCUT2D eigenvalue weighted by molar-refractivity contribution is 7.20. The van der Waals surface area contributed by atoms with Crippen molar-refractivity contribution in [1.29, 1.82) is 0 Å². The summed E-state index contributed by atoms with van der Waals surface area (Å²) in [6, 6.07) is 7.36. The number of hydrogen-bond donors (Lipinski definition) is 1. The molecule has 3 rings (SSSR count). The average molecular weight is 362 g/mol. The third-order valence-corrected chi connectivity index (χ3v) is 4.89. The largest absolute Gasteiger partial charge is 0.462 e. The van der Waals surface area contributed by atoms with Crippen LogP contribution in [0.3, 0.4) is 0 Å². The fourth-order valence-electron chi connectivity index (χ4n) is 2.40. The summed E-state index contributed by atoms with van der Waals surface area (Å²) in [5.74, 6) is 0.979. The molecule has 5 nitrogen and oxygen atoms in total. The maximum atomic E-state index is 12.1. The van der Waals surface area contributed by atoms with Gasteiger partial charge in [-0.25, -0.2) is 14.8 Å². The van der Waals surface area contributed by atoms with Crippen molar-refractivity contribution in [2.75, 3.05) is 11.9 Å². The molecule has 0 unspecified atom stereocenters. The number of nitrogens with zero attached hydrogens (tertiary/aromatic N) is 2. The quantitative estimate of drug-likeness (QED) is 0.671. The summed E-state index contributed by atoms with van der Waals surface area (Å²) < 4.78 is 5.13. The molecule has 1 aromatic carbocycles. The Morgan fingerprint density at radius 3 is 2.62 bits per heavy atom. The van der Waals surface area contributed by atoms with Crippen LogP contribution in [0.1, 0.15) is 28.0 Å². The van der Waals surface area contributed by atoms with E-state index in [1.165, 1.54) is 11.3 Å². The Hall–Kier alpha value is -2.18. The zero-order valence-corrected chi connectivity index (χ0v) is 15.1. The lowest BCUT2D eigenvalue weighted by Gasteiger charge is -2.08. The molecular formula is C17H16ClN3O2S. The van der Waals surface area contributed by atoms with Crippen LogP contribution in [0.25, 0.3) is 10.2 Å². The number of carbonyl (C=O) groups is 1. The summed E-state index contributed by atoms with van der Waals surface area (Å²) in [4.78, 5) is 22.4. The first-order valence-corrected chi connectivity index (χ1v) is 8.66. The second kappa shape index (κ2) is 6.75. The van der Waals surface area contributed by atoms with Crippen LogP contribution in [0, 0.1) is 13.8 Å². The fraction of sp³-hybridized carbons (Fsp3) is 0.235. The number of halogens is 1. The topological polar surface area (TPSA) is 64.1 Å². The van der Waals surface area contributed by atoms with Crippen LogP contribution in [0.5, 0.6) is 0 Å². The van der Waals surface area contributed by atoms with E-state index in [1.54, 1.807) is 19.1 Å². The van der Waals surface area contributed by atoms with Crippen molar-refractivity contribution in [3.05, 3.63) is 45.6 Å². The molecule has 2 aromatic heterocycles. The van der Waals surface area contributed by atoms with Gasteiger partial charge in [-0.1, -0.05) is 11.6 Å². The highest BCUT2D eigenvalue weighted by atomic mass is 35.5. The third-order valence-electron chi connectivity index (χ3n) is 3.47. The summed E-state index contributed by atoms with van der Waals surface area (Å²) in [5, 5.41) is 4.79. The summed E-state index contributed by atoms with van der Waals surface area (Å²) in [6.07, 6.45) is 0. The molecule has 0 amide bonds. The van der Waals surface area contributed by atoms with Crippen molar-refractivity contribution in [2.45, 2.75) is 20.8 Å². The first-order valence-electron chi connectivity index (χ1n) is 7.47. The molecule has 0 radical (unpaired) electrons. The fourth-order valence-corrected chi connectivity index (χ4v) is 3.64. The number of rotatable bonds is 4. The second-order valence-corrected chi connectivity index (χ2v) is 6.64. The number of ether oxygens (including phenoxy) is 1. The monoisotopic (exact) mass is 361 g/mol. The first kappa shape index (κ1) is 16.7. The average Bonchev–Trinajstić information content (AvgIpc) is 2.86. The molecule has 0 saturated heterocycles. The standard InChI is InChI=1S/C17H16ClN3O2S/c1-4-23-17(22)14-9(2)13-15(19-10(3)20-16(13)24-14)21-12-7-5-11(18)6-8-12/h5-8H,4H2,1-3H3,(H,19,20,21). The van der Waals surface area contributed by atoms with E-state index in [-0.39, 0.29) is 5.97 Å². The molecule has 0 aliphatic heterocycles. The molecule has 0 bridgehead atoms. The molecule has 0 aliphatic carbocycles. The van der Waals surface area contributed by atoms with Crippen LogP contribution in [0.2, 0.25) is 5.02 Å². The van der Waals surface area contributed by atoms with Gasteiger partial charge < -0.3 is 10.1 Å². The molecule has 7 heteroatoms. The molecule has 3 aromatic rings. The van der Waals surface area contributed by atoms with Crippen molar-refractivity contribution in [3.8, 4) is 0 Å². The lowest BCUT2D eigenvalue weighted by Crippen LogP contribution is -2.03. The molecule has 0 atom stereocenters. The number of nitrogens with one attached hydrogen (secondary N) is 1. The van der Waals surface area contributed by atoms with Crippen molar-refractivity contribution in [1.82, 2.24) is 9.97 Å². The number of aryl methyl sites for hydroxylation is 2. The summed E-state index contributed by atoms with van der Waals surface area (Å²) in [5.41, 5.74) is 1.69.